The van der Waals surface area contributed by atoms with E-state index in [4.69, 9.17) is 10.5 Å². The van der Waals surface area contributed by atoms with Gasteiger partial charge in [0, 0.05) is 12.5 Å². The van der Waals surface area contributed by atoms with Crippen LogP contribution < -0.4 is 15.8 Å². The number of amides is 1. The van der Waals surface area contributed by atoms with E-state index in [0.29, 0.717) is 6.54 Å². The molecule has 0 aliphatic carbocycles. The van der Waals surface area contributed by atoms with Crippen LogP contribution in [-0.4, -0.2) is 30.0 Å². The molecule has 3 N–H and O–H groups in total. The van der Waals surface area contributed by atoms with Gasteiger partial charge in [-0.05, 0) is 12.6 Å². The third kappa shape index (κ3) is 4.47. The number of carbonyl (C=O) groups excluding carboxylic acids is 1. The third-order valence-corrected chi connectivity index (χ3v) is 2.58. The zero-order valence-electron chi connectivity index (χ0n) is 11.0. The second kappa shape index (κ2) is 7.39. The van der Waals surface area contributed by atoms with E-state index < -0.39 is 22.7 Å². The SMILES string of the molecule is CCNC(CCOc1ccc([N+](=O)[O-])cc1F)C(N)=O. The van der Waals surface area contributed by atoms with Gasteiger partial charge in [0.15, 0.2) is 11.6 Å². The predicted molar refractivity (Wildman–Crippen MR) is 69.8 cm³/mol. The zero-order valence-corrected chi connectivity index (χ0v) is 11.0. The molecule has 1 unspecified atom stereocenters. The van der Waals surface area contributed by atoms with Crippen LogP contribution in [0.4, 0.5) is 10.1 Å². The van der Waals surface area contributed by atoms with Crippen molar-refractivity contribution in [1.29, 1.82) is 0 Å². The largest absolute Gasteiger partial charge is 0.490 e. The van der Waals surface area contributed by atoms with Crippen LogP contribution >= 0.6 is 0 Å². The number of nitro groups is 1. The summed E-state index contributed by atoms with van der Waals surface area (Å²) in [6.45, 7) is 2.46. The van der Waals surface area contributed by atoms with Gasteiger partial charge in [-0.25, -0.2) is 4.39 Å². The lowest BCUT2D eigenvalue weighted by Gasteiger charge is -2.14. The average molecular weight is 285 g/mol. The van der Waals surface area contributed by atoms with Crippen LogP contribution in [0.1, 0.15) is 13.3 Å². The predicted octanol–water partition coefficient (Wildman–Crippen LogP) is 0.966. The molecule has 0 bridgehead atoms. The van der Waals surface area contributed by atoms with Crippen LogP contribution in [0, 0.1) is 15.9 Å². The number of primary amides is 1. The maximum Gasteiger partial charge on any atom is 0.272 e. The molecule has 0 aliphatic heterocycles. The van der Waals surface area contributed by atoms with Crippen molar-refractivity contribution in [2.75, 3.05) is 13.2 Å². The number of nitrogens with zero attached hydrogens (tertiary/aromatic N) is 1. The molecular weight excluding hydrogens is 269 g/mol. The van der Waals surface area contributed by atoms with Gasteiger partial charge < -0.3 is 15.8 Å². The van der Waals surface area contributed by atoms with Crippen LogP contribution in [0.3, 0.4) is 0 Å². The Balaban J connectivity index is 2.57. The minimum Gasteiger partial charge on any atom is -0.490 e. The number of nitrogens with two attached hydrogens (primary N) is 1. The number of halogens is 1. The number of carbonyl (C=O) groups is 1. The monoisotopic (exact) mass is 285 g/mol. The molecule has 0 heterocycles. The Morgan fingerprint density at radius 2 is 2.30 bits per heavy atom. The molecule has 8 heteroatoms. The van der Waals surface area contributed by atoms with Gasteiger partial charge in [-0.1, -0.05) is 6.92 Å². The summed E-state index contributed by atoms with van der Waals surface area (Å²) in [5, 5.41) is 13.3. The van der Waals surface area contributed by atoms with Gasteiger partial charge in [0.05, 0.1) is 23.6 Å². The Hall–Kier alpha value is -2.22. The lowest BCUT2D eigenvalue weighted by Crippen LogP contribution is -2.42. The second-order valence-electron chi connectivity index (χ2n) is 4.02. The molecular formula is C12H16FN3O4. The van der Waals surface area contributed by atoms with E-state index in [1.54, 1.807) is 0 Å². The van der Waals surface area contributed by atoms with E-state index in [2.05, 4.69) is 5.32 Å². The van der Waals surface area contributed by atoms with Crippen molar-refractivity contribution in [2.24, 2.45) is 5.73 Å². The summed E-state index contributed by atoms with van der Waals surface area (Å²) in [7, 11) is 0. The molecule has 110 valence electrons. The van der Waals surface area contributed by atoms with Crippen LogP contribution in [0.25, 0.3) is 0 Å². The number of hydrogen-bond donors (Lipinski definition) is 2. The average Bonchev–Trinajstić information content (AvgIpc) is 2.39. The number of nitrogens with one attached hydrogen (secondary N) is 1. The van der Waals surface area contributed by atoms with E-state index >= 15 is 0 Å². The third-order valence-electron chi connectivity index (χ3n) is 2.58. The Morgan fingerprint density at radius 1 is 1.60 bits per heavy atom. The standard InChI is InChI=1S/C12H16FN3O4/c1-2-15-10(12(14)17)5-6-20-11-4-3-8(16(18)19)7-9(11)13/h3-4,7,10,15H,2,5-6H2,1H3,(H2,14,17). The fourth-order valence-corrected chi connectivity index (χ4v) is 1.60. The lowest BCUT2D eigenvalue weighted by molar-refractivity contribution is -0.385. The molecule has 0 radical (unpaired) electrons. The molecule has 0 fully saturated rings. The normalized spacial score (nSPS) is 11.9. The van der Waals surface area contributed by atoms with Gasteiger partial charge in [0.2, 0.25) is 5.91 Å². The Labute approximate surface area is 115 Å². The van der Waals surface area contributed by atoms with Crippen LogP contribution in [0.15, 0.2) is 18.2 Å². The van der Waals surface area contributed by atoms with Crippen molar-refractivity contribution >= 4 is 11.6 Å². The van der Waals surface area contributed by atoms with Crippen molar-refractivity contribution < 1.29 is 18.8 Å². The van der Waals surface area contributed by atoms with Crippen molar-refractivity contribution in [3.8, 4) is 5.75 Å². The van der Waals surface area contributed by atoms with Gasteiger partial charge in [-0.3, -0.25) is 14.9 Å². The van der Waals surface area contributed by atoms with Gasteiger partial charge in [-0.2, -0.15) is 0 Å². The van der Waals surface area contributed by atoms with E-state index in [0.717, 1.165) is 12.1 Å². The summed E-state index contributed by atoms with van der Waals surface area (Å²) in [6.07, 6.45) is 0.277. The summed E-state index contributed by atoms with van der Waals surface area (Å²) in [5.74, 6) is -1.44. The van der Waals surface area contributed by atoms with Crippen molar-refractivity contribution in [1.82, 2.24) is 5.32 Å². The Morgan fingerprint density at radius 3 is 2.80 bits per heavy atom. The first-order valence-corrected chi connectivity index (χ1v) is 6.05. The van der Waals surface area contributed by atoms with Crippen LogP contribution in [0.2, 0.25) is 0 Å². The molecule has 0 aliphatic rings. The summed E-state index contributed by atoms with van der Waals surface area (Å²) in [6, 6.07) is 2.56. The highest BCUT2D eigenvalue weighted by Crippen LogP contribution is 2.22. The summed E-state index contributed by atoms with van der Waals surface area (Å²) in [5.41, 5.74) is 4.83. The van der Waals surface area contributed by atoms with E-state index in [9.17, 15) is 19.3 Å². The zero-order chi connectivity index (χ0) is 15.1. The van der Waals surface area contributed by atoms with Crippen molar-refractivity contribution in [3.05, 3.63) is 34.1 Å². The smallest absolute Gasteiger partial charge is 0.272 e. The number of benzene rings is 1. The van der Waals surface area contributed by atoms with Crippen LogP contribution in [-0.2, 0) is 4.79 Å². The summed E-state index contributed by atoms with van der Waals surface area (Å²) >= 11 is 0. The van der Waals surface area contributed by atoms with Crippen molar-refractivity contribution in [3.63, 3.8) is 0 Å². The minimum atomic E-state index is -0.821. The minimum absolute atomic E-state index is 0.0648. The fraction of sp³-hybridized carbons (Fsp3) is 0.417. The molecule has 0 spiro atoms. The van der Waals surface area contributed by atoms with Crippen molar-refractivity contribution in [2.45, 2.75) is 19.4 Å². The molecule has 7 nitrogen and oxygen atoms in total. The van der Waals surface area contributed by atoms with E-state index in [1.807, 2.05) is 6.92 Å². The van der Waals surface area contributed by atoms with E-state index in [-0.39, 0.29) is 24.5 Å². The highest BCUT2D eigenvalue weighted by Gasteiger charge is 2.15. The van der Waals surface area contributed by atoms with Gasteiger partial charge >= 0.3 is 0 Å². The summed E-state index contributed by atoms with van der Waals surface area (Å²) in [4.78, 5) is 20.8. The number of ether oxygens (including phenoxy) is 1. The van der Waals surface area contributed by atoms with Crippen LogP contribution in [0.5, 0.6) is 5.75 Å². The maximum absolute atomic E-state index is 13.5. The Bertz CT molecular complexity index is 496. The molecule has 1 aromatic rings. The quantitative estimate of drug-likeness (QED) is 0.546. The molecule has 1 rings (SSSR count). The number of nitro benzene ring substituents is 1. The van der Waals surface area contributed by atoms with Gasteiger partial charge in [-0.15, -0.1) is 0 Å². The highest BCUT2D eigenvalue weighted by molar-refractivity contribution is 5.79. The van der Waals surface area contributed by atoms with E-state index in [1.165, 1.54) is 6.07 Å². The Kier molecular flexibility index (Phi) is 5.85. The summed E-state index contributed by atoms with van der Waals surface area (Å²) < 4.78 is 18.7. The first-order valence-electron chi connectivity index (χ1n) is 6.05. The fourth-order valence-electron chi connectivity index (χ4n) is 1.60. The molecule has 1 aromatic carbocycles. The number of likely N-dealkylation sites (N-methyl/N-ethyl adjacent to an activating group) is 1. The lowest BCUT2D eigenvalue weighted by atomic mass is 10.2. The molecule has 1 amide bonds. The first kappa shape index (κ1) is 15.8. The topological polar surface area (TPSA) is 107 Å². The number of hydrogen-bond acceptors (Lipinski definition) is 5. The first-order chi connectivity index (χ1) is 9.45. The maximum atomic E-state index is 13.5. The molecule has 0 aromatic heterocycles. The molecule has 0 saturated heterocycles. The number of rotatable bonds is 8. The van der Waals surface area contributed by atoms with Gasteiger partial charge in [0.25, 0.3) is 5.69 Å². The molecule has 1 atom stereocenters. The molecule has 20 heavy (non-hydrogen) atoms. The van der Waals surface area contributed by atoms with Gasteiger partial charge in [0.1, 0.15) is 0 Å². The molecule has 0 saturated carbocycles. The highest BCUT2D eigenvalue weighted by atomic mass is 19.1. The number of non-ortho nitro benzene ring substituents is 1. The second-order valence-corrected chi connectivity index (χ2v) is 4.02.